The lowest BCUT2D eigenvalue weighted by atomic mass is 10.0. The molecule has 0 aliphatic heterocycles. The van der Waals surface area contributed by atoms with Gasteiger partial charge >= 0.3 is 0 Å². The van der Waals surface area contributed by atoms with E-state index in [0.29, 0.717) is 0 Å². The molecule has 0 fully saturated rings. The molecule has 2 aromatic heterocycles. The van der Waals surface area contributed by atoms with Crippen LogP contribution >= 0.6 is 0 Å². The number of aromatic nitrogens is 1. The highest BCUT2D eigenvalue weighted by Crippen LogP contribution is 2.39. The summed E-state index contributed by atoms with van der Waals surface area (Å²) in [5.74, 6) is 0. The van der Waals surface area contributed by atoms with Crippen LogP contribution in [0.5, 0.6) is 0 Å². The molecule has 118 valence electrons. The van der Waals surface area contributed by atoms with Crippen molar-refractivity contribution < 1.29 is 4.42 Å². The van der Waals surface area contributed by atoms with Crippen LogP contribution < -0.4 is 0 Å². The van der Waals surface area contributed by atoms with Crippen LogP contribution in [0.2, 0.25) is 0 Å². The molecule has 25 heavy (non-hydrogen) atoms. The van der Waals surface area contributed by atoms with Gasteiger partial charge in [-0.25, -0.2) is 0 Å². The van der Waals surface area contributed by atoms with Gasteiger partial charge in [0.15, 0.2) is 0 Å². The minimum Gasteiger partial charge on any atom is -0.456 e. The predicted octanol–water partition coefficient (Wildman–Crippen LogP) is 6.38. The van der Waals surface area contributed by atoms with Crippen molar-refractivity contribution in [3.63, 3.8) is 0 Å². The van der Waals surface area contributed by atoms with E-state index in [-0.39, 0.29) is 0 Å². The number of hydrogen-bond donors (Lipinski definition) is 0. The molecule has 0 saturated heterocycles. The molecule has 0 atom stereocenters. The Hall–Kier alpha value is -3.26. The molecule has 0 bridgehead atoms. The zero-order valence-corrected chi connectivity index (χ0v) is 13.8. The Morgan fingerprint density at radius 3 is 2.32 bits per heavy atom. The van der Waals surface area contributed by atoms with E-state index in [1.165, 1.54) is 43.4 Å². The average Bonchev–Trinajstić information content (AvgIpc) is 3.16. The summed E-state index contributed by atoms with van der Waals surface area (Å²) in [6.45, 7) is 0. The zero-order chi connectivity index (χ0) is 16.5. The molecule has 6 aromatic rings. The average molecular weight is 321 g/mol. The summed E-state index contributed by atoms with van der Waals surface area (Å²) in [6.07, 6.45) is 0. The van der Waals surface area contributed by atoms with Crippen LogP contribution in [0, 0.1) is 0 Å². The maximum atomic E-state index is 6.08. The molecular weight excluding hydrogens is 306 g/mol. The van der Waals surface area contributed by atoms with Crippen molar-refractivity contribution in [3.8, 4) is 0 Å². The second-order valence-corrected chi connectivity index (χ2v) is 6.71. The molecule has 6 rings (SSSR count). The molecular formula is C23H15NO. The van der Waals surface area contributed by atoms with Crippen LogP contribution in [0.3, 0.4) is 0 Å². The van der Waals surface area contributed by atoms with Gasteiger partial charge < -0.3 is 8.98 Å². The number of hydrogen-bond acceptors (Lipinski definition) is 1. The van der Waals surface area contributed by atoms with E-state index in [4.69, 9.17) is 4.42 Å². The molecule has 0 aliphatic rings. The topological polar surface area (TPSA) is 18.1 Å². The summed E-state index contributed by atoms with van der Waals surface area (Å²) in [4.78, 5) is 0. The van der Waals surface area contributed by atoms with E-state index in [2.05, 4.69) is 72.3 Å². The molecule has 4 aromatic carbocycles. The van der Waals surface area contributed by atoms with Crippen LogP contribution in [0.25, 0.3) is 54.5 Å². The summed E-state index contributed by atoms with van der Waals surface area (Å²) in [7, 11) is 2.15. The standard InChI is InChI=1S/C23H15NO/c1-24-19-13-15-7-3-2-6-14(15)12-18(19)16-10-11-21-22(23(16)24)17-8-4-5-9-20(17)25-21/h2-13H,1H3. The Kier molecular flexibility index (Phi) is 2.31. The molecule has 2 nitrogen and oxygen atoms in total. The molecule has 2 heteroatoms. The number of aryl methyl sites for hydroxylation is 1. The van der Waals surface area contributed by atoms with Gasteiger partial charge in [-0.15, -0.1) is 0 Å². The Morgan fingerprint density at radius 1 is 0.680 bits per heavy atom. The summed E-state index contributed by atoms with van der Waals surface area (Å²) >= 11 is 0. The predicted molar refractivity (Wildman–Crippen MR) is 105 cm³/mol. The largest absolute Gasteiger partial charge is 0.456 e. The SMILES string of the molecule is Cn1c2cc3ccccc3cc2c2ccc3oc4ccccc4c3c21. The smallest absolute Gasteiger partial charge is 0.137 e. The molecule has 0 radical (unpaired) electrons. The highest BCUT2D eigenvalue weighted by Gasteiger charge is 2.16. The van der Waals surface area contributed by atoms with E-state index in [0.717, 1.165) is 11.2 Å². The van der Waals surface area contributed by atoms with Crippen LogP contribution in [-0.4, -0.2) is 4.57 Å². The lowest BCUT2D eigenvalue weighted by Gasteiger charge is -2.01. The molecule has 0 amide bonds. The van der Waals surface area contributed by atoms with Crippen molar-refractivity contribution in [3.05, 3.63) is 72.8 Å². The fourth-order valence-electron chi connectivity index (χ4n) is 4.21. The number of benzene rings is 4. The van der Waals surface area contributed by atoms with Crippen molar-refractivity contribution in [2.24, 2.45) is 7.05 Å². The summed E-state index contributed by atoms with van der Waals surface area (Å²) in [6, 6.07) is 25.7. The quantitative estimate of drug-likeness (QED) is 0.317. The third-order valence-corrected chi connectivity index (χ3v) is 5.37. The van der Waals surface area contributed by atoms with Crippen LogP contribution in [-0.2, 0) is 7.05 Å². The lowest BCUT2D eigenvalue weighted by Crippen LogP contribution is -1.87. The van der Waals surface area contributed by atoms with Crippen LogP contribution in [0.4, 0.5) is 0 Å². The monoisotopic (exact) mass is 321 g/mol. The van der Waals surface area contributed by atoms with Gasteiger partial charge in [-0.2, -0.15) is 0 Å². The van der Waals surface area contributed by atoms with E-state index in [9.17, 15) is 0 Å². The van der Waals surface area contributed by atoms with Gasteiger partial charge in [-0.3, -0.25) is 0 Å². The van der Waals surface area contributed by atoms with E-state index in [1.807, 2.05) is 12.1 Å². The third-order valence-electron chi connectivity index (χ3n) is 5.37. The number of furan rings is 1. The number of para-hydroxylation sites is 1. The first-order chi connectivity index (χ1) is 12.3. The Labute approximate surface area is 143 Å². The van der Waals surface area contributed by atoms with Gasteiger partial charge in [0, 0.05) is 28.7 Å². The summed E-state index contributed by atoms with van der Waals surface area (Å²) in [5, 5.41) is 7.51. The minimum absolute atomic E-state index is 0.945. The first kappa shape index (κ1) is 13.1. The van der Waals surface area contributed by atoms with Crippen LogP contribution in [0.15, 0.2) is 77.2 Å². The number of fused-ring (bicyclic) bond motifs is 8. The normalized spacial score (nSPS) is 12.2. The van der Waals surface area contributed by atoms with Crippen molar-refractivity contribution >= 4 is 54.5 Å². The maximum Gasteiger partial charge on any atom is 0.137 e. The van der Waals surface area contributed by atoms with Crippen molar-refractivity contribution in [2.45, 2.75) is 0 Å². The first-order valence-corrected chi connectivity index (χ1v) is 8.52. The van der Waals surface area contributed by atoms with Gasteiger partial charge in [0.25, 0.3) is 0 Å². The van der Waals surface area contributed by atoms with Crippen molar-refractivity contribution in [1.29, 1.82) is 0 Å². The van der Waals surface area contributed by atoms with Gasteiger partial charge in [0.05, 0.1) is 10.9 Å². The second kappa shape index (κ2) is 4.42. The van der Waals surface area contributed by atoms with E-state index in [1.54, 1.807) is 0 Å². The fraction of sp³-hybridized carbons (Fsp3) is 0.0435. The van der Waals surface area contributed by atoms with E-state index < -0.39 is 0 Å². The third kappa shape index (κ3) is 1.59. The van der Waals surface area contributed by atoms with Crippen molar-refractivity contribution in [1.82, 2.24) is 4.57 Å². The van der Waals surface area contributed by atoms with Gasteiger partial charge in [-0.05, 0) is 41.1 Å². The Morgan fingerprint density at radius 2 is 1.44 bits per heavy atom. The maximum absolute atomic E-state index is 6.08. The molecule has 0 spiro atoms. The molecule has 2 heterocycles. The first-order valence-electron chi connectivity index (χ1n) is 8.52. The highest BCUT2D eigenvalue weighted by molar-refractivity contribution is 6.24. The van der Waals surface area contributed by atoms with Crippen molar-refractivity contribution in [2.75, 3.05) is 0 Å². The second-order valence-electron chi connectivity index (χ2n) is 6.71. The van der Waals surface area contributed by atoms with Crippen LogP contribution in [0.1, 0.15) is 0 Å². The zero-order valence-electron chi connectivity index (χ0n) is 13.8. The summed E-state index contributed by atoms with van der Waals surface area (Å²) in [5.41, 5.74) is 4.39. The number of rotatable bonds is 0. The van der Waals surface area contributed by atoms with Gasteiger partial charge in [0.2, 0.25) is 0 Å². The van der Waals surface area contributed by atoms with E-state index >= 15 is 0 Å². The fourth-order valence-corrected chi connectivity index (χ4v) is 4.21. The van der Waals surface area contributed by atoms with Gasteiger partial charge in [-0.1, -0.05) is 42.5 Å². The minimum atomic E-state index is 0.945. The molecule has 0 aliphatic carbocycles. The lowest BCUT2D eigenvalue weighted by molar-refractivity contribution is 0.669. The summed E-state index contributed by atoms with van der Waals surface area (Å²) < 4.78 is 8.38. The van der Waals surface area contributed by atoms with Gasteiger partial charge in [0.1, 0.15) is 11.2 Å². The molecule has 0 saturated carbocycles. The number of nitrogens with zero attached hydrogens (tertiary/aromatic N) is 1. The molecule has 0 N–H and O–H groups in total. The Balaban J connectivity index is 1.93. The highest BCUT2D eigenvalue weighted by atomic mass is 16.3. The Bertz CT molecular complexity index is 1450. The molecule has 0 unspecified atom stereocenters.